The van der Waals surface area contributed by atoms with Crippen LogP contribution in [-0.2, 0) is 17.9 Å². The Labute approximate surface area is 165 Å². The SMILES string of the molecule is CC(C)(C)N(Cc1ccccc1)C(=O)Cn1c(NCCO)nc2ccccc21. The van der Waals surface area contributed by atoms with Crippen LogP contribution in [0.5, 0.6) is 0 Å². The summed E-state index contributed by atoms with van der Waals surface area (Å²) in [6, 6.07) is 17.8. The topological polar surface area (TPSA) is 70.4 Å². The Morgan fingerprint density at radius 3 is 2.46 bits per heavy atom. The summed E-state index contributed by atoms with van der Waals surface area (Å²) in [5.74, 6) is 0.615. The van der Waals surface area contributed by atoms with Gasteiger partial charge in [-0.15, -0.1) is 0 Å². The molecule has 0 saturated heterocycles. The lowest BCUT2D eigenvalue weighted by Gasteiger charge is -2.36. The largest absolute Gasteiger partial charge is 0.395 e. The van der Waals surface area contributed by atoms with Gasteiger partial charge in [0, 0.05) is 18.6 Å². The van der Waals surface area contributed by atoms with Gasteiger partial charge >= 0.3 is 0 Å². The van der Waals surface area contributed by atoms with Crippen LogP contribution in [0.4, 0.5) is 5.95 Å². The minimum absolute atomic E-state index is 0.000719. The maximum atomic E-state index is 13.3. The van der Waals surface area contributed by atoms with E-state index in [0.29, 0.717) is 19.0 Å². The van der Waals surface area contributed by atoms with Crippen molar-refractivity contribution in [2.24, 2.45) is 0 Å². The molecule has 1 heterocycles. The first-order chi connectivity index (χ1) is 13.4. The van der Waals surface area contributed by atoms with Crippen LogP contribution in [-0.4, -0.2) is 44.2 Å². The van der Waals surface area contributed by atoms with Gasteiger partial charge in [0.25, 0.3) is 0 Å². The summed E-state index contributed by atoms with van der Waals surface area (Å²) in [4.78, 5) is 19.8. The zero-order valence-corrected chi connectivity index (χ0v) is 16.7. The molecular formula is C22H28N4O2. The first-order valence-electron chi connectivity index (χ1n) is 9.54. The number of para-hydroxylation sites is 2. The van der Waals surface area contributed by atoms with Crippen molar-refractivity contribution in [1.29, 1.82) is 0 Å². The number of fused-ring (bicyclic) bond motifs is 1. The number of aliphatic hydroxyl groups is 1. The Morgan fingerprint density at radius 2 is 1.79 bits per heavy atom. The molecule has 0 bridgehead atoms. The predicted molar refractivity (Wildman–Crippen MR) is 112 cm³/mol. The molecule has 0 atom stereocenters. The highest BCUT2D eigenvalue weighted by Gasteiger charge is 2.27. The summed E-state index contributed by atoms with van der Waals surface area (Å²) in [5.41, 5.74) is 2.49. The third-order valence-electron chi connectivity index (χ3n) is 4.64. The lowest BCUT2D eigenvalue weighted by Crippen LogP contribution is -2.46. The number of hydrogen-bond donors (Lipinski definition) is 2. The Hall–Kier alpha value is -2.86. The average molecular weight is 380 g/mol. The van der Waals surface area contributed by atoms with Crippen LogP contribution >= 0.6 is 0 Å². The minimum atomic E-state index is -0.317. The number of anilines is 1. The highest BCUT2D eigenvalue weighted by molar-refractivity contribution is 5.83. The fourth-order valence-electron chi connectivity index (χ4n) is 3.22. The van der Waals surface area contributed by atoms with E-state index in [2.05, 4.69) is 10.3 Å². The third kappa shape index (κ3) is 4.51. The van der Waals surface area contributed by atoms with Gasteiger partial charge in [0.05, 0.1) is 17.6 Å². The maximum absolute atomic E-state index is 13.3. The molecule has 148 valence electrons. The van der Waals surface area contributed by atoms with E-state index >= 15 is 0 Å². The van der Waals surface area contributed by atoms with E-state index in [0.717, 1.165) is 16.6 Å². The van der Waals surface area contributed by atoms with Gasteiger partial charge in [-0.25, -0.2) is 4.98 Å². The van der Waals surface area contributed by atoms with E-state index in [1.54, 1.807) is 0 Å². The standard InChI is InChI=1S/C22H28N4O2/c1-22(2,3)26(15-17-9-5-4-6-10-17)20(28)16-25-19-12-8-7-11-18(19)24-21(25)23-13-14-27/h4-12,27H,13-16H2,1-3H3,(H,23,24). The smallest absolute Gasteiger partial charge is 0.243 e. The van der Waals surface area contributed by atoms with Crippen LogP contribution < -0.4 is 5.32 Å². The molecule has 3 aromatic rings. The molecule has 28 heavy (non-hydrogen) atoms. The Bertz CT molecular complexity index is 929. The Balaban J connectivity index is 1.91. The summed E-state index contributed by atoms with van der Waals surface area (Å²) in [5, 5.41) is 12.3. The summed E-state index contributed by atoms with van der Waals surface area (Å²) in [6.07, 6.45) is 0. The number of benzene rings is 2. The number of carbonyl (C=O) groups is 1. The molecule has 2 aromatic carbocycles. The van der Waals surface area contributed by atoms with E-state index in [1.807, 2.05) is 84.8 Å². The highest BCUT2D eigenvalue weighted by Crippen LogP contribution is 2.23. The molecule has 2 N–H and O–H groups in total. The number of nitrogens with zero attached hydrogens (tertiary/aromatic N) is 3. The van der Waals surface area contributed by atoms with Crippen molar-refractivity contribution < 1.29 is 9.90 Å². The van der Waals surface area contributed by atoms with Crippen molar-refractivity contribution in [1.82, 2.24) is 14.5 Å². The van der Waals surface area contributed by atoms with E-state index in [-0.39, 0.29) is 24.6 Å². The van der Waals surface area contributed by atoms with Gasteiger partial charge in [-0.05, 0) is 38.5 Å². The van der Waals surface area contributed by atoms with Gasteiger partial charge in [0.2, 0.25) is 11.9 Å². The fourth-order valence-corrected chi connectivity index (χ4v) is 3.22. The minimum Gasteiger partial charge on any atom is -0.395 e. The molecular weight excluding hydrogens is 352 g/mol. The third-order valence-corrected chi connectivity index (χ3v) is 4.64. The summed E-state index contributed by atoms with van der Waals surface area (Å²) >= 11 is 0. The van der Waals surface area contributed by atoms with Crippen LogP contribution in [0.2, 0.25) is 0 Å². The lowest BCUT2D eigenvalue weighted by molar-refractivity contribution is -0.137. The number of rotatable bonds is 7. The molecule has 1 aromatic heterocycles. The number of hydrogen-bond acceptors (Lipinski definition) is 4. The first kappa shape index (κ1) is 19.9. The van der Waals surface area contributed by atoms with E-state index in [9.17, 15) is 4.79 Å². The van der Waals surface area contributed by atoms with Crippen molar-refractivity contribution in [2.75, 3.05) is 18.5 Å². The number of nitrogens with one attached hydrogen (secondary N) is 1. The molecule has 6 nitrogen and oxygen atoms in total. The highest BCUT2D eigenvalue weighted by atomic mass is 16.3. The molecule has 3 rings (SSSR count). The fraction of sp³-hybridized carbons (Fsp3) is 0.364. The van der Waals surface area contributed by atoms with Gasteiger partial charge in [-0.3, -0.25) is 4.79 Å². The Morgan fingerprint density at radius 1 is 1.11 bits per heavy atom. The van der Waals surface area contributed by atoms with Gasteiger partial charge in [0.1, 0.15) is 6.54 Å². The zero-order chi connectivity index (χ0) is 20.1. The van der Waals surface area contributed by atoms with Crippen molar-refractivity contribution in [3.8, 4) is 0 Å². The van der Waals surface area contributed by atoms with Gasteiger partial charge < -0.3 is 19.9 Å². The number of carbonyl (C=O) groups excluding carboxylic acids is 1. The van der Waals surface area contributed by atoms with Gasteiger partial charge in [0.15, 0.2) is 0 Å². The lowest BCUT2D eigenvalue weighted by atomic mass is 10.0. The molecule has 0 aliphatic heterocycles. The molecule has 0 radical (unpaired) electrons. The summed E-state index contributed by atoms with van der Waals surface area (Å²) in [6.45, 7) is 7.25. The second-order valence-electron chi connectivity index (χ2n) is 7.80. The van der Waals surface area contributed by atoms with Crippen LogP contribution in [0, 0.1) is 0 Å². The predicted octanol–water partition coefficient (Wildman–Crippen LogP) is 3.27. The van der Waals surface area contributed by atoms with Crippen LogP contribution in [0.3, 0.4) is 0 Å². The second-order valence-corrected chi connectivity index (χ2v) is 7.80. The van der Waals surface area contributed by atoms with E-state index in [1.165, 1.54) is 0 Å². The normalized spacial score (nSPS) is 11.6. The van der Waals surface area contributed by atoms with E-state index in [4.69, 9.17) is 5.11 Å². The van der Waals surface area contributed by atoms with Crippen LogP contribution in [0.25, 0.3) is 11.0 Å². The molecule has 6 heteroatoms. The quantitative estimate of drug-likeness (QED) is 0.660. The van der Waals surface area contributed by atoms with Gasteiger partial charge in [-0.1, -0.05) is 42.5 Å². The molecule has 0 aliphatic rings. The molecule has 0 saturated carbocycles. The molecule has 0 spiro atoms. The summed E-state index contributed by atoms with van der Waals surface area (Å²) in [7, 11) is 0. The van der Waals surface area contributed by atoms with E-state index < -0.39 is 0 Å². The zero-order valence-electron chi connectivity index (χ0n) is 16.7. The Kier molecular flexibility index (Phi) is 5.99. The monoisotopic (exact) mass is 380 g/mol. The molecule has 0 aliphatic carbocycles. The van der Waals surface area contributed by atoms with Crippen molar-refractivity contribution in [3.63, 3.8) is 0 Å². The average Bonchev–Trinajstić information content (AvgIpc) is 3.02. The first-order valence-corrected chi connectivity index (χ1v) is 9.54. The number of aromatic nitrogens is 2. The van der Waals surface area contributed by atoms with Crippen LogP contribution in [0.1, 0.15) is 26.3 Å². The molecule has 0 fully saturated rings. The molecule has 1 amide bonds. The van der Waals surface area contributed by atoms with Crippen LogP contribution in [0.15, 0.2) is 54.6 Å². The van der Waals surface area contributed by atoms with Crippen molar-refractivity contribution in [2.45, 2.75) is 39.4 Å². The second kappa shape index (κ2) is 8.44. The maximum Gasteiger partial charge on any atom is 0.243 e. The number of imidazole rings is 1. The van der Waals surface area contributed by atoms with Crippen molar-refractivity contribution in [3.05, 3.63) is 60.2 Å². The summed E-state index contributed by atoms with van der Waals surface area (Å²) < 4.78 is 1.89. The molecule has 0 unspecified atom stereocenters. The van der Waals surface area contributed by atoms with Gasteiger partial charge in [-0.2, -0.15) is 0 Å². The number of amides is 1. The van der Waals surface area contributed by atoms with Crippen molar-refractivity contribution >= 4 is 22.9 Å². The number of aliphatic hydroxyl groups excluding tert-OH is 1.